The van der Waals surface area contributed by atoms with E-state index < -0.39 is 18.2 Å². The van der Waals surface area contributed by atoms with E-state index in [1.807, 2.05) is 31.2 Å². The third-order valence-electron chi connectivity index (χ3n) is 2.26. The fourth-order valence-electron chi connectivity index (χ4n) is 1.35. The van der Waals surface area contributed by atoms with Crippen LogP contribution in [0.5, 0.6) is 0 Å². The highest BCUT2D eigenvalue weighted by molar-refractivity contribution is 6.09. The van der Waals surface area contributed by atoms with E-state index in [-0.39, 0.29) is 12.2 Å². The molecule has 1 rings (SSSR count). The van der Waals surface area contributed by atoms with Crippen molar-refractivity contribution in [2.75, 3.05) is 0 Å². The van der Waals surface area contributed by atoms with Crippen LogP contribution in [0.2, 0.25) is 0 Å². The monoisotopic (exact) mass is 246 g/mol. The SMILES string of the molecule is Cc1ccc(/C=C/C(=O)CC(=O)CC(=O)O)cc1. The summed E-state index contributed by atoms with van der Waals surface area (Å²) in [4.78, 5) is 32.7. The van der Waals surface area contributed by atoms with Crippen LogP contribution < -0.4 is 0 Å². The summed E-state index contributed by atoms with van der Waals surface area (Å²) in [5.41, 5.74) is 1.98. The summed E-state index contributed by atoms with van der Waals surface area (Å²) in [7, 11) is 0. The molecular weight excluding hydrogens is 232 g/mol. The second-order valence-corrected chi connectivity index (χ2v) is 4.00. The molecule has 1 aromatic rings. The highest BCUT2D eigenvalue weighted by Gasteiger charge is 2.10. The number of ketones is 2. The molecule has 4 nitrogen and oxygen atoms in total. The highest BCUT2D eigenvalue weighted by atomic mass is 16.4. The van der Waals surface area contributed by atoms with E-state index in [0.717, 1.165) is 11.1 Å². The summed E-state index contributed by atoms with van der Waals surface area (Å²) in [5.74, 6) is -2.18. The van der Waals surface area contributed by atoms with Crippen molar-refractivity contribution in [2.24, 2.45) is 0 Å². The van der Waals surface area contributed by atoms with Gasteiger partial charge in [0.05, 0.1) is 6.42 Å². The van der Waals surface area contributed by atoms with Crippen LogP contribution in [0.15, 0.2) is 30.3 Å². The van der Waals surface area contributed by atoms with Crippen LogP contribution in [-0.2, 0) is 14.4 Å². The largest absolute Gasteiger partial charge is 0.481 e. The van der Waals surface area contributed by atoms with Gasteiger partial charge in [0.1, 0.15) is 6.42 Å². The van der Waals surface area contributed by atoms with Gasteiger partial charge >= 0.3 is 5.97 Å². The Hall–Kier alpha value is -2.23. The van der Waals surface area contributed by atoms with E-state index >= 15 is 0 Å². The lowest BCUT2D eigenvalue weighted by Crippen LogP contribution is -2.10. The Bertz CT molecular complexity index is 483. The zero-order chi connectivity index (χ0) is 13.5. The summed E-state index contributed by atoms with van der Waals surface area (Å²) in [6.07, 6.45) is 1.93. The molecule has 1 aromatic carbocycles. The van der Waals surface area contributed by atoms with Crippen LogP contribution in [0.1, 0.15) is 24.0 Å². The third-order valence-corrected chi connectivity index (χ3v) is 2.26. The average molecular weight is 246 g/mol. The first kappa shape index (κ1) is 13.8. The second kappa shape index (κ2) is 6.49. The van der Waals surface area contributed by atoms with Gasteiger partial charge in [-0.05, 0) is 18.6 Å². The molecule has 4 heteroatoms. The first-order valence-electron chi connectivity index (χ1n) is 5.48. The summed E-state index contributed by atoms with van der Waals surface area (Å²) in [6, 6.07) is 7.55. The van der Waals surface area contributed by atoms with Gasteiger partial charge in [-0.1, -0.05) is 35.9 Å². The predicted molar refractivity (Wildman–Crippen MR) is 67.1 cm³/mol. The Morgan fingerprint density at radius 1 is 1.11 bits per heavy atom. The van der Waals surface area contributed by atoms with Gasteiger partial charge in [0.2, 0.25) is 0 Å². The Morgan fingerprint density at radius 2 is 1.72 bits per heavy atom. The average Bonchev–Trinajstić information content (AvgIpc) is 2.27. The van der Waals surface area contributed by atoms with Gasteiger partial charge < -0.3 is 5.11 Å². The zero-order valence-electron chi connectivity index (χ0n) is 10.1. The lowest BCUT2D eigenvalue weighted by molar-refractivity contribution is -0.140. The maximum Gasteiger partial charge on any atom is 0.310 e. The van der Waals surface area contributed by atoms with Gasteiger partial charge in [-0.2, -0.15) is 0 Å². The number of benzene rings is 1. The number of Topliss-reactive ketones (excluding diaryl/α,β-unsaturated/α-hetero) is 1. The molecule has 0 spiro atoms. The molecule has 0 aromatic heterocycles. The van der Waals surface area contributed by atoms with Gasteiger partial charge in [0.25, 0.3) is 0 Å². The molecule has 0 heterocycles. The molecule has 0 fully saturated rings. The molecule has 0 unspecified atom stereocenters. The number of rotatable bonds is 6. The van der Waals surface area contributed by atoms with Crippen molar-refractivity contribution in [1.29, 1.82) is 0 Å². The number of carboxylic acid groups (broad SMARTS) is 1. The number of carbonyl (C=O) groups excluding carboxylic acids is 2. The lowest BCUT2D eigenvalue weighted by atomic mass is 10.1. The topological polar surface area (TPSA) is 71.4 Å². The number of aryl methyl sites for hydroxylation is 1. The van der Waals surface area contributed by atoms with Crippen molar-refractivity contribution in [3.05, 3.63) is 41.5 Å². The van der Waals surface area contributed by atoms with E-state index in [1.165, 1.54) is 6.08 Å². The number of hydrogen-bond donors (Lipinski definition) is 1. The quantitative estimate of drug-likeness (QED) is 0.615. The molecule has 0 aliphatic rings. The molecule has 0 aliphatic carbocycles. The van der Waals surface area contributed by atoms with Crippen LogP contribution >= 0.6 is 0 Å². The smallest absolute Gasteiger partial charge is 0.310 e. The molecule has 0 saturated heterocycles. The van der Waals surface area contributed by atoms with Crippen molar-refractivity contribution in [2.45, 2.75) is 19.8 Å². The summed E-state index contributed by atoms with van der Waals surface area (Å²) < 4.78 is 0. The molecule has 0 aliphatic heterocycles. The minimum Gasteiger partial charge on any atom is -0.481 e. The molecule has 0 atom stereocenters. The van der Waals surface area contributed by atoms with E-state index in [0.29, 0.717) is 0 Å². The standard InChI is InChI=1S/C14H14O4/c1-10-2-4-11(5-3-10)6-7-12(15)8-13(16)9-14(17)18/h2-7H,8-9H2,1H3,(H,17,18)/b7-6+. The first-order chi connectivity index (χ1) is 8.47. The fourth-order valence-corrected chi connectivity index (χ4v) is 1.35. The fraction of sp³-hybridized carbons (Fsp3) is 0.214. The summed E-state index contributed by atoms with van der Waals surface area (Å²) in [6.45, 7) is 1.96. The number of carbonyl (C=O) groups is 3. The van der Waals surface area contributed by atoms with Crippen LogP contribution in [0, 0.1) is 6.92 Å². The maximum atomic E-state index is 11.4. The van der Waals surface area contributed by atoms with Gasteiger partial charge in [-0.25, -0.2) is 0 Å². The Labute approximate surface area is 105 Å². The molecule has 0 radical (unpaired) electrons. The van der Waals surface area contributed by atoms with Gasteiger partial charge in [-0.15, -0.1) is 0 Å². The molecule has 94 valence electrons. The van der Waals surface area contributed by atoms with Crippen LogP contribution in [0.3, 0.4) is 0 Å². The molecular formula is C14H14O4. The Morgan fingerprint density at radius 3 is 2.28 bits per heavy atom. The molecule has 0 amide bonds. The second-order valence-electron chi connectivity index (χ2n) is 4.00. The van der Waals surface area contributed by atoms with Crippen molar-refractivity contribution < 1.29 is 19.5 Å². The number of allylic oxidation sites excluding steroid dienone is 1. The predicted octanol–water partition coefficient (Wildman–Crippen LogP) is 2.01. The van der Waals surface area contributed by atoms with Gasteiger partial charge in [-0.3, -0.25) is 14.4 Å². The highest BCUT2D eigenvalue weighted by Crippen LogP contribution is 2.05. The molecule has 0 saturated carbocycles. The Balaban J connectivity index is 2.52. The number of carboxylic acids is 1. The maximum absolute atomic E-state index is 11.4. The lowest BCUT2D eigenvalue weighted by Gasteiger charge is -1.95. The Kier molecular flexibility index (Phi) is 4.99. The minimum absolute atomic E-state index is 0.366. The van der Waals surface area contributed by atoms with E-state index in [2.05, 4.69) is 0 Å². The van der Waals surface area contributed by atoms with Crippen molar-refractivity contribution in [3.8, 4) is 0 Å². The zero-order valence-corrected chi connectivity index (χ0v) is 10.1. The van der Waals surface area contributed by atoms with Gasteiger partial charge in [0, 0.05) is 0 Å². The van der Waals surface area contributed by atoms with E-state index in [9.17, 15) is 14.4 Å². The number of aliphatic carboxylic acids is 1. The van der Waals surface area contributed by atoms with E-state index in [4.69, 9.17) is 5.11 Å². The van der Waals surface area contributed by atoms with E-state index in [1.54, 1.807) is 6.08 Å². The van der Waals surface area contributed by atoms with Gasteiger partial charge in [0.15, 0.2) is 11.6 Å². The molecule has 0 bridgehead atoms. The van der Waals surface area contributed by atoms with Crippen molar-refractivity contribution >= 4 is 23.6 Å². The number of hydrogen-bond acceptors (Lipinski definition) is 3. The summed E-state index contributed by atoms with van der Waals surface area (Å²) in [5, 5.41) is 8.38. The van der Waals surface area contributed by atoms with Crippen molar-refractivity contribution in [3.63, 3.8) is 0 Å². The van der Waals surface area contributed by atoms with Crippen LogP contribution in [-0.4, -0.2) is 22.6 Å². The van der Waals surface area contributed by atoms with Crippen LogP contribution in [0.25, 0.3) is 6.08 Å². The third kappa shape index (κ3) is 5.21. The first-order valence-corrected chi connectivity index (χ1v) is 5.48. The van der Waals surface area contributed by atoms with Crippen molar-refractivity contribution in [1.82, 2.24) is 0 Å². The van der Waals surface area contributed by atoms with Crippen LogP contribution in [0.4, 0.5) is 0 Å². The minimum atomic E-state index is -1.21. The normalized spacial score (nSPS) is 10.5. The molecule has 18 heavy (non-hydrogen) atoms. The summed E-state index contributed by atoms with van der Waals surface area (Å²) >= 11 is 0. The molecule has 1 N–H and O–H groups in total.